The third-order valence-electron chi connectivity index (χ3n) is 3.92. The second-order valence-corrected chi connectivity index (χ2v) is 8.13. The lowest BCUT2D eigenvalue weighted by Gasteiger charge is -2.30. The SMILES string of the molecule is CC1(C)C(=O)[SH](c2ccc(C#N)c(Cl)c2)NN1c1ccc(O)cc1. The lowest BCUT2D eigenvalue weighted by atomic mass is 10.1. The number of thiol groups is 1. The van der Waals surface area contributed by atoms with Gasteiger partial charge in [0, 0.05) is 4.90 Å². The molecule has 1 fully saturated rings. The van der Waals surface area contributed by atoms with Gasteiger partial charge in [-0.3, -0.25) is 9.80 Å². The average Bonchev–Trinajstić information content (AvgIpc) is 2.79. The highest BCUT2D eigenvalue weighted by Gasteiger charge is 2.46. The standard InChI is InChI=1S/C17H16ClN3O2S/c1-17(2)16(23)24(14-8-3-11(10-19)15(18)9-14)20-21(17)12-4-6-13(22)7-5-12/h3-9,20,22,24H,1-2H3. The monoisotopic (exact) mass is 361 g/mol. The molecule has 0 saturated carbocycles. The average molecular weight is 362 g/mol. The van der Waals surface area contributed by atoms with Crippen molar-refractivity contribution in [2.24, 2.45) is 0 Å². The van der Waals surface area contributed by atoms with Crippen LogP contribution in [-0.2, 0) is 4.79 Å². The van der Waals surface area contributed by atoms with Crippen molar-refractivity contribution in [3.8, 4) is 11.8 Å². The Morgan fingerprint density at radius 3 is 2.50 bits per heavy atom. The minimum absolute atomic E-state index is 0.0614. The summed E-state index contributed by atoms with van der Waals surface area (Å²) < 4.78 is 0. The van der Waals surface area contributed by atoms with Crippen LogP contribution in [-0.4, -0.2) is 15.8 Å². The highest BCUT2D eigenvalue weighted by atomic mass is 35.5. The Bertz CT molecular complexity index is 846. The summed E-state index contributed by atoms with van der Waals surface area (Å²) in [5.41, 5.74) is 0.427. The van der Waals surface area contributed by atoms with Gasteiger partial charge in [-0.15, -0.1) is 0 Å². The maximum Gasteiger partial charge on any atom is 0.213 e. The molecule has 1 atom stereocenters. The van der Waals surface area contributed by atoms with Crippen molar-refractivity contribution < 1.29 is 9.90 Å². The third kappa shape index (κ3) is 2.71. The van der Waals surface area contributed by atoms with Gasteiger partial charge in [0.1, 0.15) is 17.4 Å². The van der Waals surface area contributed by atoms with Crippen LogP contribution in [0.15, 0.2) is 47.4 Å². The number of phenols is 1. The molecule has 7 heteroatoms. The number of phenolic OH excluding ortho intramolecular Hbond substituents is 1. The lowest BCUT2D eigenvalue weighted by Crippen LogP contribution is -2.46. The molecule has 0 bridgehead atoms. The summed E-state index contributed by atoms with van der Waals surface area (Å²) in [6.45, 7) is 3.70. The van der Waals surface area contributed by atoms with Gasteiger partial charge in [-0.05, 0) is 56.3 Å². The summed E-state index contributed by atoms with van der Waals surface area (Å²) in [7, 11) is 0. The van der Waals surface area contributed by atoms with Crippen molar-refractivity contribution in [3.05, 3.63) is 53.1 Å². The molecule has 1 unspecified atom stereocenters. The van der Waals surface area contributed by atoms with E-state index in [9.17, 15) is 9.90 Å². The molecular formula is C17H16ClN3O2S. The molecule has 1 aliphatic rings. The van der Waals surface area contributed by atoms with E-state index < -0.39 is 16.6 Å². The van der Waals surface area contributed by atoms with E-state index in [4.69, 9.17) is 16.9 Å². The Balaban J connectivity index is 1.97. The Labute approximate surface area is 147 Å². The van der Waals surface area contributed by atoms with Crippen LogP contribution < -0.4 is 9.84 Å². The number of aromatic hydroxyl groups is 1. The maximum absolute atomic E-state index is 12.9. The quantitative estimate of drug-likeness (QED) is 0.713. The molecule has 1 aliphatic heterocycles. The second kappa shape index (κ2) is 6.02. The molecule has 2 aromatic rings. The second-order valence-electron chi connectivity index (χ2n) is 5.93. The van der Waals surface area contributed by atoms with Gasteiger partial charge in [-0.25, -0.2) is 0 Å². The first-order chi connectivity index (χ1) is 11.3. The molecule has 124 valence electrons. The number of hydrogen-bond donors (Lipinski definition) is 3. The molecule has 5 nitrogen and oxygen atoms in total. The number of nitrogens with zero attached hydrogens (tertiary/aromatic N) is 2. The lowest BCUT2D eigenvalue weighted by molar-refractivity contribution is -0.114. The van der Waals surface area contributed by atoms with E-state index in [1.165, 1.54) is 0 Å². The van der Waals surface area contributed by atoms with Gasteiger partial charge in [0.2, 0.25) is 5.12 Å². The van der Waals surface area contributed by atoms with Crippen LogP contribution in [0, 0.1) is 11.3 Å². The first-order valence-corrected chi connectivity index (χ1v) is 8.96. The van der Waals surface area contributed by atoms with Crippen molar-refractivity contribution in [2.75, 3.05) is 5.01 Å². The Kier molecular flexibility index (Phi) is 4.18. The van der Waals surface area contributed by atoms with E-state index in [0.717, 1.165) is 10.6 Å². The number of rotatable bonds is 2. The molecule has 0 radical (unpaired) electrons. The van der Waals surface area contributed by atoms with E-state index in [-0.39, 0.29) is 10.9 Å². The summed E-state index contributed by atoms with van der Waals surface area (Å²) >= 11 is 4.79. The molecule has 3 rings (SSSR count). The van der Waals surface area contributed by atoms with Crippen molar-refractivity contribution in [1.29, 1.82) is 5.26 Å². The topological polar surface area (TPSA) is 76.4 Å². The summed E-state index contributed by atoms with van der Waals surface area (Å²) in [5, 5.41) is 20.6. The molecule has 0 amide bonds. The van der Waals surface area contributed by atoms with Gasteiger partial charge in [0.05, 0.1) is 16.3 Å². The van der Waals surface area contributed by atoms with E-state index in [1.54, 1.807) is 42.5 Å². The van der Waals surface area contributed by atoms with Gasteiger partial charge in [0.25, 0.3) is 0 Å². The fourth-order valence-corrected chi connectivity index (χ4v) is 4.96. The number of anilines is 1. The first-order valence-electron chi connectivity index (χ1n) is 7.24. The fourth-order valence-electron chi connectivity index (χ4n) is 2.53. The predicted octanol–water partition coefficient (Wildman–Crippen LogP) is 3.52. The first kappa shape index (κ1) is 16.7. The number of carbonyl (C=O) groups excluding carboxylic acids is 1. The van der Waals surface area contributed by atoms with Crippen LogP contribution >= 0.6 is 22.7 Å². The zero-order chi connectivity index (χ0) is 17.5. The largest absolute Gasteiger partial charge is 0.508 e. The molecule has 2 N–H and O–H groups in total. The minimum Gasteiger partial charge on any atom is -0.508 e. The van der Waals surface area contributed by atoms with Crippen LogP contribution in [0.25, 0.3) is 0 Å². The fraction of sp³-hybridized carbons (Fsp3) is 0.176. The Hall–Kier alpha value is -2.20. The highest BCUT2D eigenvalue weighted by molar-refractivity contribution is 8.28. The Morgan fingerprint density at radius 2 is 1.92 bits per heavy atom. The van der Waals surface area contributed by atoms with Crippen LogP contribution in [0.4, 0.5) is 5.69 Å². The number of hydrogen-bond acceptors (Lipinski definition) is 5. The van der Waals surface area contributed by atoms with E-state index in [0.29, 0.717) is 10.6 Å². The van der Waals surface area contributed by atoms with Gasteiger partial charge in [-0.2, -0.15) is 10.1 Å². The van der Waals surface area contributed by atoms with E-state index in [2.05, 4.69) is 4.83 Å². The third-order valence-corrected chi connectivity index (χ3v) is 6.39. The predicted molar refractivity (Wildman–Crippen MR) is 96.2 cm³/mol. The highest BCUT2D eigenvalue weighted by Crippen LogP contribution is 2.47. The van der Waals surface area contributed by atoms with Crippen LogP contribution in [0.1, 0.15) is 19.4 Å². The Morgan fingerprint density at radius 1 is 1.25 bits per heavy atom. The van der Waals surface area contributed by atoms with E-state index in [1.807, 2.05) is 24.9 Å². The zero-order valence-corrected chi connectivity index (χ0v) is 14.8. The molecule has 0 spiro atoms. The minimum atomic E-state index is -1.31. The van der Waals surface area contributed by atoms with Crippen molar-refractivity contribution in [3.63, 3.8) is 0 Å². The molecule has 2 aromatic carbocycles. The molecule has 0 aliphatic carbocycles. The van der Waals surface area contributed by atoms with Gasteiger partial charge in [-0.1, -0.05) is 22.7 Å². The van der Waals surface area contributed by atoms with Crippen LogP contribution in [0.5, 0.6) is 5.75 Å². The molecule has 1 heterocycles. The summed E-state index contributed by atoms with van der Waals surface area (Å²) in [6, 6.07) is 13.7. The number of halogens is 1. The smallest absolute Gasteiger partial charge is 0.213 e. The molecule has 24 heavy (non-hydrogen) atoms. The normalized spacial score (nSPS) is 20.8. The van der Waals surface area contributed by atoms with Gasteiger partial charge < -0.3 is 5.11 Å². The maximum atomic E-state index is 12.9. The van der Waals surface area contributed by atoms with Crippen molar-refractivity contribution >= 4 is 33.5 Å². The summed E-state index contributed by atoms with van der Waals surface area (Å²) in [4.78, 5) is 17.0. The van der Waals surface area contributed by atoms with Crippen molar-refractivity contribution in [1.82, 2.24) is 4.83 Å². The number of nitriles is 1. The molecular weight excluding hydrogens is 346 g/mol. The van der Waals surface area contributed by atoms with Crippen LogP contribution in [0.3, 0.4) is 0 Å². The molecule has 0 aromatic heterocycles. The van der Waals surface area contributed by atoms with Gasteiger partial charge >= 0.3 is 0 Å². The van der Waals surface area contributed by atoms with E-state index >= 15 is 0 Å². The summed E-state index contributed by atoms with van der Waals surface area (Å²) in [6.07, 6.45) is 0. The molecule has 1 saturated heterocycles. The van der Waals surface area contributed by atoms with Crippen molar-refractivity contribution in [2.45, 2.75) is 24.3 Å². The zero-order valence-electron chi connectivity index (χ0n) is 13.1. The number of hydrazine groups is 1. The summed E-state index contributed by atoms with van der Waals surface area (Å²) in [5.74, 6) is 0.170. The number of carbonyl (C=O) groups is 1. The van der Waals surface area contributed by atoms with Crippen LogP contribution in [0.2, 0.25) is 5.02 Å². The van der Waals surface area contributed by atoms with Gasteiger partial charge in [0.15, 0.2) is 0 Å². The number of nitrogens with one attached hydrogen (secondary N) is 1. The number of benzene rings is 2.